The van der Waals surface area contributed by atoms with Crippen molar-refractivity contribution in [3.63, 3.8) is 0 Å². The molecule has 0 aliphatic carbocycles. The Morgan fingerprint density at radius 2 is 2.00 bits per heavy atom. The van der Waals surface area contributed by atoms with E-state index in [0.29, 0.717) is 21.0 Å². The highest BCUT2D eigenvalue weighted by molar-refractivity contribution is 8.00. The number of phenols is 1. The first-order chi connectivity index (χ1) is 13.0. The number of halogens is 1. The topological polar surface area (TPSA) is 68.3 Å². The largest absolute Gasteiger partial charge is 0.508 e. The van der Waals surface area contributed by atoms with Gasteiger partial charge in [0, 0.05) is 23.3 Å². The number of hydrogen-bond donors (Lipinski definition) is 1. The second-order valence-electron chi connectivity index (χ2n) is 5.58. The standard InChI is InChI=1S/C18H11FN2O3S3/c19-11-1-3-12(4-2-11)21-18(25)27-17(20-21)26-9-10-7-16(23)24-15-8-13(22)5-6-14(10)15/h1-8,22H,9H2. The number of rotatable bonds is 4. The Bertz CT molecular complexity index is 1250. The molecule has 0 fully saturated rings. The van der Waals surface area contributed by atoms with Gasteiger partial charge < -0.3 is 9.52 Å². The van der Waals surface area contributed by atoms with Crippen LogP contribution in [-0.2, 0) is 5.75 Å². The molecule has 0 bridgehead atoms. The first-order valence-electron chi connectivity index (χ1n) is 7.74. The second-order valence-corrected chi connectivity index (χ2v) is 8.43. The van der Waals surface area contributed by atoms with Crippen molar-refractivity contribution < 1.29 is 13.9 Å². The first kappa shape index (κ1) is 17.9. The number of aromatic hydroxyl groups is 1. The summed E-state index contributed by atoms with van der Waals surface area (Å²) in [6, 6.07) is 12.0. The van der Waals surface area contributed by atoms with E-state index in [2.05, 4.69) is 5.10 Å². The molecule has 136 valence electrons. The van der Waals surface area contributed by atoms with Crippen LogP contribution in [0.1, 0.15) is 5.56 Å². The molecular weight excluding hydrogens is 407 g/mol. The van der Waals surface area contributed by atoms with Crippen molar-refractivity contribution in [3.8, 4) is 11.4 Å². The molecular formula is C18H11FN2O3S3. The zero-order valence-electron chi connectivity index (χ0n) is 13.6. The quantitative estimate of drug-likeness (QED) is 0.289. The molecule has 0 saturated carbocycles. The molecule has 4 rings (SSSR count). The fourth-order valence-electron chi connectivity index (χ4n) is 2.54. The Morgan fingerprint density at radius 3 is 2.78 bits per heavy atom. The van der Waals surface area contributed by atoms with E-state index in [1.54, 1.807) is 28.9 Å². The van der Waals surface area contributed by atoms with Gasteiger partial charge in [0.25, 0.3) is 0 Å². The number of phenolic OH excluding ortho intramolecular Hbond substituents is 1. The monoisotopic (exact) mass is 418 g/mol. The molecule has 0 radical (unpaired) electrons. The number of thioether (sulfide) groups is 1. The zero-order valence-corrected chi connectivity index (χ0v) is 16.0. The predicted octanol–water partition coefficient (Wildman–Crippen LogP) is 4.91. The number of benzene rings is 2. The van der Waals surface area contributed by atoms with Crippen LogP contribution in [0.25, 0.3) is 16.7 Å². The number of hydrogen-bond acceptors (Lipinski definition) is 7. The minimum Gasteiger partial charge on any atom is -0.508 e. The van der Waals surface area contributed by atoms with Crippen molar-refractivity contribution in [2.75, 3.05) is 0 Å². The molecule has 5 nitrogen and oxygen atoms in total. The average Bonchev–Trinajstić information content (AvgIpc) is 3.00. The summed E-state index contributed by atoms with van der Waals surface area (Å²) < 4.78 is 21.1. The van der Waals surface area contributed by atoms with Crippen molar-refractivity contribution in [3.05, 3.63) is 74.3 Å². The van der Waals surface area contributed by atoms with Crippen LogP contribution in [0.4, 0.5) is 4.39 Å². The van der Waals surface area contributed by atoms with Gasteiger partial charge in [0.1, 0.15) is 17.1 Å². The van der Waals surface area contributed by atoms with E-state index in [4.69, 9.17) is 16.6 Å². The summed E-state index contributed by atoms with van der Waals surface area (Å²) >= 11 is 8.13. The second kappa shape index (κ2) is 7.26. The molecule has 0 amide bonds. The molecule has 9 heteroatoms. The highest BCUT2D eigenvalue weighted by atomic mass is 32.2. The summed E-state index contributed by atoms with van der Waals surface area (Å²) in [6.07, 6.45) is 0. The number of nitrogens with zero attached hydrogens (tertiary/aromatic N) is 2. The molecule has 1 N–H and O–H groups in total. The SMILES string of the molecule is O=c1cc(CSc2nn(-c3ccc(F)cc3)c(=S)s2)c2ccc(O)cc2o1. The van der Waals surface area contributed by atoms with E-state index in [1.807, 2.05) is 0 Å². The third-order valence-electron chi connectivity index (χ3n) is 3.77. The third kappa shape index (κ3) is 3.80. The smallest absolute Gasteiger partial charge is 0.336 e. The number of aromatic nitrogens is 2. The van der Waals surface area contributed by atoms with E-state index in [-0.39, 0.29) is 11.6 Å². The minimum absolute atomic E-state index is 0.0338. The van der Waals surface area contributed by atoms with Gasteiger partial charge in [-0.05, 0) is 54.2 Å². The molecule has 2 aromatic heterocycles. The Kier molecular flexibility index (Phi) is 4.81. The van der Waals surface area contributed by atoms with Gasteiger partial charge in [0.05, 0.1) is 5.69 Å². The average molecular weight is 418 g/mol. The van der Waals surface area contributed by atoms with Crippen LogP contribution in [0, 0.1) is 9.77 Å². The maximum Gasteiger partial charge on any atom is 0.336 e. The highest BCUT2D eigenvalue weighted by Gasteiger charge is 2.11. The Balaban J connectivity index is 1.62. The van der Waals surface area contributed by atoms with E-state index >= 15 is 0 Å². The Labute approximate surface area is 165 Å². The Morgan fingerprint density at radius 1 is 1.22 bits per heavy atom. The van der Waals surface area contributed by atoms with Gasteiger partial charge in [-0.2, -0.15) is 0 Å². The Hall–Kier alpha value is -2.49. The molecule has 0 unspecified atom stereocenters. The predicted molar refractivity (Wildman–Crippen MR) is 106 cm³/mol. The van der Waals surface area contributed by atoms with Crippen molar-refractivity contribution in [1.29, 1.82) is 0 Å². The first-order valence-corrected chi connectivity index (χ1v) is 9.95. The van der Waals surface area contributed by atoms with E-state index in [9.17, 15) is 14.3 Å². The maximum absolute atomic E-state index is 13.1. The summed E-state index contributed by atoms with van der Waals surface area (Å²) in [6.45, 7) is 0. The third-order valence-corrected chi connectivity index (χ3v) is 6.18. The van der Waals surface area contributed by atoms with Gasteiger partial charge in [-0.3, -0.25) is 0 Å². The van der Waals surface area contributed by atoms with E-state index in [0.717, 1.165) is 15.3 Å². The van der Waals surface area contributed by atoms with Gasteiger partial charge >= 0.3 is 5.63 Å². The lowest BCUT2D eigenvalue weighted by Gasteiger charge is -2.04. The lowest BCUT2D eigenvalue weighted by Crippen LogP contribution is -2.00. The van der Waals surface area contributed by atoms with Gasteiger partial charge in [0.15, 0.2) is 8.29 Å². The summed E-state index contributed by atoms with van der Waals surface area (Å²) in [5.74, 6) is 0.195. The fraction of sp³-hybridized carbons (Fsp3) is 0.0556. The van der Waals surface area contributed by atoms with Crippen LogP contribution in [-0.4, -0.2) is 14.9 Å². The van der Waals surface area contributed by atoms with Crippen LogP contribution >= 0.6 is 35.3 Å². The molecule has 2 heterocycles. The molecule has 0 atom stereocenters. The van der Waals surface area contributed by atoms with Crippen LogP contribution in [0.5, 0.6) is 5.75 Å². The van der Waals surface area contributed by atoms with E-state index in [1.165, 1.54) is 47.4 Å². The number of fused-ring (bicyclic) bond motifs is 1. The molecule has 0 saturated heterocycles. The van der Waals surface area contributed by atoms with Crippen molar-refractivity contribution in [2.45, 2.75) is 10.1 Å². The molecule has 27 heavy (non-hydrogen) atoms. The van der Waals surface area contributed by atoms with E-state index < -0.39 is 5.63 Å². The highest BCUT2D eigenvalue weighted by Crippen LogP contribution is 2.30. The van der Waals surface area contributed by atoms with Gasteiger partial charge in [-0.25, -0.2) is 13.9 Å². The van der Waals surface area contributed by atoms with Crippen molar-refractivity contribution in [2.24, 2.45) is 0 Å². The maximum atomic E-state index is 13.1. The van der Waals surface area contributed by atoms with Crippen molar-refractivity contribution >= 4 is 46.3 Å². The molecule has 0 aliphatic heterocycles. The van der Waals surface area contributed by atoms with Gasteiger partial charge in [-0.15, -0.1) is 5.10 Å². The summed E-state index contributed by atoms with van der Waals surface area (Å²) in [7, 11) is 0. The summed E-state index contributed by atoms with van der Waals surface area (Å²) in [5, 5.41) is 14.8. The van der Waals surface area contributed by atoms with Crippen LogP contribution in [0.15, 0.2) is 62.1 Å². The summed E-state index contributed by atoms with van der Waals surface area (Å²) in [4.78, 5) is 11.8. The van der Waals surface area contributed by atoms with Gasteiger partial charge in [0.2, 0.25) is 0 Å². The van der Waals surface area contributed by atoms with Gasteiger partial charge in [-0.1, -0.05) is 23.1 Å². The summed E-state index contributed by atoms with van der Waals surface area (Å²) in [5.41, 5.74) is 1.32. The van der Waals surface area contributed by atoms with Crippen LogP contribution < -0.4 is 5.63 Å². The molecule has 0 aliphatic rings. The van der Waals surface area contributed by atoms with Crippen LogP contribution in [0.3, 0.4) is 0 Å². The lowest BCUT2D eigenvalue weighted by molar-refractivity contribution is 0.473. The molecule has 4 aromatic rings. The molecule has 2 aromatic carbocycles. The zero-order chi connectivity index (χ0) is 19.0. The fourth-order valence-corrected chi connectivity index (χ4v) is 4.89. The minimum atomic E-state index is -0.479. The normalized spacial score (nSPS) is 11.1. The lowest BCUT2D eigenvalue weighted by atomic mass is 10.1. The molecule has 0 spiro atoms. The van der Waals surface area contributed by atoms with Crippen LogP contribution in [0.2, 0.25) is 0 Å². The van der Waals surface area contributed by atoms with Crippen molar-refractivity contribution in [1.82, 2.24) is 9.78 Å².